The second kappa shape index (κ2) is 4.26. The average molecular weight is 192 g/mol. The van der Waals surface area contributed by atoms with E-state index in [0.29, 0.717) is 5.92 Å². The quantitative estimate of drug-likeness (QED) is 0.430. The fraction of sp³-hybridized carbons (Fsp3) is 0.600. The molecule has 0 aromatic carbocycles. The van der Waals surface area contributed by atoms with Gasteiger partial charge in [-0.25, -0.2) is 0 Å². The lowest BCUT2D eigenvalue weighted by molar-refractivity contribution is 0.585. The molecule has 0 spiro atoms. The minimum atomic E-state index is 0.597. The molecule has 1 fully saturated rings. The standard InChI is InChI=1S/C10H16N4/c11-10(9-3-4-9)12-5-1-7-14-8-2-6-13-14/h2,6,8-9H,1,3-5,7H2,(H2,11,12). The maximum atomic E-state index is 5.77. The second-order valence-electron chi connectivity index (χ2n) is 3.70. The van der Waals surface area contributed by atoms with E-state index >= 15 is 0 Å². The van der Waals surface area contributed by atoms with Gasteiger partial charge in [0.15, 0.2) is 0 Å². The molecule has 0 bridgehead atoms. The van der Waals surface area contributed by atoms with Crippen molar-refractivity contribution in [1.29, 1.82) is 0 Å². The van der Waals surface area contributed by atoms with E-state index in [0.717, 1.165) is 25.3 Å². The van der Waals surface area contributed by atoms with Gasteiger partial charge in [-0.1, -0.05) is 0 Å². The third kappa shape index (κ3) is 2.58. The number of nitrogens with two attached hydrogens (primary N) is 1. The van der Waals surface area contributed by atoms with E-state index in [4.69, 9.17) is 5.73 Å². The molecule has 0 radical (unpaired) electrons. The third-order valence-electron chi connectivity index (χ3n) is 2.39. The number of aromatic nitrogens is 2. The zero-order valence-electron chi connectivity index (χ0n) is 8.26. The molecule has 1 aromatic rings. The highest BCUT2D eigenvalue weighted by Gasteiger charge is 2.24. The summed E-state index contributed by atoms with van der Waals surface area (Å²) in [6.07, 6.45) is 7.23. The van der Waals surface area contributed by atoms with Crippen LogP contribution in [0.1, 0.15) is 19.3 Å². The van der Waals surface area contributed by atoms with Crippen molar-refractivity contribution < 1.29 is 0 Å². The molecule has 76 valence electrons. The molecule has 4 heteroatoms. The first-order valence-electron chi connectivity index (χ1n) is 5.13. The van der Waals surface area contributed by atoms with E-state index in [1.807, 2.05) is 16.9 Å². The number of nitrogens with zero attached hydrogens (tertiary/aromatic N) is 3. The Kier molecular flexibility index (Phi) is 2.81. The Hall–Kier alpha value is -1.32. The van der Waals surface area contributed by atoms with Crippen LogP contribution >= 0.6 is 0 Å². The van der Waals surface area contributed by atoms with Crippen molar-refractivity contribution in [3.63, 3.8) is 0 Å². The first kappa shape index (κ1) is 9.24. The highest BCUT2D eigenvalue weighted by atomic mass is 15.3. The molecule has 2 rings (SSSR count). The van der Waals surface area contributed by atoms with Crippen LogP contribution in [0.25, 0.3) is 0 Å². The monoisotopic (exact) mass is 192 g/mol. The van der Waals surface area contributed by atoms with Gasteiger partial charge in [0.2, 0.25) is 0 Å². The van der Waals surface area contributed by atoms with E-state index in [-0.39, 0.29) is 0 Å². The molecule has 0 saturated heterocycles. The van der Waals surface area contributed by atoms with Crippen molar-refractivity contribution in [2.24, 2.45) is 16.6 Å². The molecule has 2 N–H and O–H groups in total. The van der Waals surface area contributed by atoms with Gasteiger partial charge in [0, 0.05) is 31.4 Å². The van der Waals surface area contributed by atoms with Gasteiger partial charge in [-0.15, -0.1) is 0 Å². The number of amidine groups is 1. The number of aryl methyl sites for hydroxylation is 1. The van der Waals surface area contributed by atoms with Crippen molar-refractivity contribution in [2.75, 3.05) is 6.54 Å². The van der Waals surface area contributed by atoms with Crippen LogP contribution in [0.2, 0.25) is 0 Å². The summed E-state index contributed by atoms with van der Waals surface area (Å²) in [5.41, 5.74) is 5.77. The maximum Gasteiger partial charge on any atom is 0.0968 e. The fourth-order valence-electron chi connectivity index (χ4n) is 1.38. The normalized spacial score (nSPS) is 17.3. The maximum absolute atomic E-state index is 5.77. The molecule has 1 heterocycles. The van der Waals surface area contributed by atoms with Gasteiger partial charge in [-0.3, -0.25) is 9.67 Å². The van der Waals surface area contributed by atoms with Crippen LogP contribution in [0.15, 0.2) is 23.5 Å². The van der Waals surface area contributed by atoms with E-state index in [2.05, 4.69) is 10.1 Å². The van der Waals surface area contributed by atoms with Crippen LogP contribution in [0.4, 0.5) is 0 Å². The molecule has 1 aromatic heterocycles. The fourth-order valence-corrected chi connectivity index (χ4v) is 1.38. The summed E-state index contributed by atoms with van der Waals surface area (Å²) in [6, 6.07) is 1.93. The van der Waals surface area contributed by atoms with E-state index < -0.39 is 0 Å². The first-order chi connectivity index (χ1) is 6.86. The molecular formula is C10H16N4. The SMILES string of the molecule is NC(=NCCCn1cccn1)C1CC1. The van der Waals surface area contributed by atoms with Crippen molar-refractivity contribution in [1.82, 2.24) is 9.78 Å². The zero-order valence-corrected chi connectivity index (χ0v) is 8.26. The molecule has 0 atom stereocenters. The van der Waals surface area contributed by atoms with Gasteiger partial charge in [0.1, 0.15) is 0 Å². The first-order valence-corrected chi connectivity index (χ1v) is 5.13. The van der Waals surface area contributed by atoms with Crippen LogP contribution in [0, 0.1) is 5.92 Å². The van der Waals surface area contributed by atoms with Crippen LogP contribution in [-0.2, 0) is 6.54 Å². The molecule has 0 aliphatic heterocycles. The Morgan fingerprint density at radius 2 is 2.43 bits per heavy atom. The van der Waals surface area contributed by atoms with Crippen molar-refractivity contribution in [3.05, 3.63) is 18.5 Å². The van der Waals surface area contributed by atoms with E-state index in [1.54, 1.807) is 6.20 Å². The predicted octanol–water partition coefficient (Wildman–Crippen LogP) is 1.04. The molecule has 1 saturated carbocycles. The minimum absolute atomic E-state index is 0.597. The van der Waals surface area contributed by atoms with Crippen LogP contribution in [-0.4, -0.2) is 22.2 Å². The summed E-state index contributed by atoms with van der Waals surface area (Å²) < 4.78 is 1.92. The van der Waals surface area contributed by atoms with Gasteiger partial charge in [0.25, 0.3) is 0 Å². The molecule has 14 heavy (non-hydrogen) atoms. The van der Waals surface area contributed by atoms with E-state index in [1.165, 1.54) is 12.8 Å². The van der Waals surface area contributed by atoms with Gasteiger partial charge in [0.05, 0.1) is 5.84 Å². The Balaban J connectivity index is 1.65. The number of hydrogen-bond donors (Lipinski definition) is 1. The predicted molar refractivity (Wildman–Crippen MR) is 56.1 cm³/mol. The molecular weight excluding hydrogens is 176 g/mol. The lowest BCUT2D eigenvalue weighted by Crippen LogP contribution is -2.14. The Morgan fingerprint density at radius 1 is 1.57 bits per heavy atom. The highest BCUT2D eigenvalue weighted by Crippen LogP contribution is 2.28. The van der Waals surface area contributed by atoms with Gasteiger partial charge >= 0.3 is 0 Å². The summed E-state index contributed by atoms with van der Waals surface area (Å²) in [4.78, 5) is 4.34. The molecule has 0 unspecified atom stereocenters. The molecule has 0 amide bonds. The summed E-state index contributed by atoms with van der Waals surface area (Å²) in [5, 5.41) is 4.12. The Bertz CT molecular complexity index is 298. The van der Waals surface area contributed by atoms with Crippen LogP contribution < -0.4 is 5.73 Å². The number of aliphatic imine (C=N–C) groups is 1. The van der Waals surface area contributed by atoms with Crippen LogP contribution in [0.5, 0.6) is 0 Å². The van der Waals surface area contributed by atoms with Gasteiger partial charge in [-0.2, -0.15) is 5.10 Å². The number of hydrogen-bond acceptors (Lipinski definition) is 2. The van der Waals surface area contributed by atoms with Gasteiger partial charge < -0.3 is 5.73 Å². The minimum Gasteiger partial charge on any atom is -0.387 e. The lowest BCUT2D eigenvalue weighted by Gasteiger charge is -1.99. The summed E-state index contributed by atoms with van der Waals surface area (Å²) >= 11 is 0. The second-order valence-corrected chi connectivity index (χ2v) is 3.70. The molecule has 1 aliphatic carbocycles. The van der Waals surface area contributed by atoms with Crippen molar-refractivity contribution in [3.8, 4) is 0 Å². The highest BCUT2D eigenvalue weighted by molar-refractivity contribution is 5.84. The smallest absolute Gasteiger partial charge is 0.0968 e. The summed E-state index contributed by atoms with van der Waals surface area (Å²) in [7, 11) is 0. The summed E-state index contributed by atoms with van der Waals surface area (Å²) in [6.45, 7) is 1.75. The zero-order chi connectivity index (χ0) is 9.80. The lowest BCUT2D eigenvalue weighted by atomic mass is 10.4. The molecule has 4 nitrogen and oxygen atoms in total. The van der Waals surface area contributed by atoms with Gasteiger partial charge in [-0.05, 0) is 25.3 Å². The Labute approximate surface area is 83.8 Å². The average Bonchev–Trinajstić information content (AvgIpc) is 2.92. The van der Waals surface area contributed by atoms with Crippen LogP contribution in [0.3, 0.4) is 0 Å². The number of rotatable bonds is 5. The van der Waals surface area contributed by atoms with Crippen molar-refractivity contribution >= 4 is 5.84 Å². The largest absolute Gasteiger partial charge is 0.387 e. The third-order valence-corrected chi connectivity index (χ3v) is 2.39. The Morgan fingerprint density at radius 3 is 3.07 bits per heavy atom. The molecule has 1 aliphatic rings. The topological polar surface area (TPSA) is 56.2 Å². The van der Waals surface area contributed by atoms with Crippen molar-refractivity contribution in [2.45, 2.75) is 25.8 Å². The van der Waals surface area contributed by atoms with E-state index in [9.17, 15) is 0 Å². The summed E-state index contributed by atoms with van der Waals surface area (Å²) in [5.74, 6) is 1.45.